The Bertz CT molecular complexity index is 70.4. The molecule has 0 aliphatic carbocycles. The SMILES string of the molecule is N[C@@H]1CCCOB1O. The first-order valence-corrected chi connectivity index (χ1v) is 2.86. The third-order valence-electron chi connectivity index (χ3n) is 1.34. The minimum absolute atomic E-state index is 0.163. The van der Waals surface area contributed by atoms with Gasteiger partial charge in [0.15, 0.2) is 0 Å². The molecule has 0 saturated carbocycles. The van der Waals surface area contributed by atoms with Crippen molar-refractivity contribution in [1.82, 2.24) is 0 Å². The van der Waals surface area contributed by atoms with Gasteiger partial charge in [-0.1, -0.05) is 0 Å². The molecule has 0 amide bonds. The molecule has 1 rings (SSSR count). The van der Waals surface area contributed by atoms with Gasteiger partial charge in [-0.2, -0.15) is 0 Å². The summed E-state index contributed by atoms with van der Waals surface area (Å²) in [6, 6.07) is 0. The van der Waals surface area contributed by atoms with Crippen LogP contribution >= 0.6 is 0 Å². The second kappa shape index (κ2) is 2.48. The average Bonchev–Trinajstić information content (AvgIpc) is 1.77. The predicted molar refractivity (Wildman–Crippen MR) is 31.1 cm³/mol. The highest BCUT2D eigenvalue weighted by atomic mass is 16.5. The largest absolute Gasteiger partial charge is 0.472 e. The third kappa shape index (κ3) is 1.21. The normalized spacial score (nSPS) is 30.8. The molecule has 1 fully saturated rings. The van der Waals surface area contributed by atoms with Gasteiger partial charge in [-0.05, 0) is 12.8 Å². The van der Waals surface area contributed by atoms with Gasteiger partial charge in [0.2, 0.25) is 0 Å². The second-order valence-electron chi connectivity index (χ2n) is 2.07. The van der Waals surface area contributed by atoms with E-state index in [1.807, 2.05) is 0 Å². The summed E-state index contributed by atoms with van der Waals surface area (Å²) in [5.74, 6) is -0.163. The highest BCUT2D eigenvalue weighted by Crippen LogP contribution is 2.05. The summed E-state index contributed by atoms with van der Waals surface area (Å²) in [5.41, 5.74) is 5.40. The molecule has 1 atom stereocenters. The highest BCUT2D eigenvalue weighted by Gasteiger charge is 2.25. The molecule has 0 unspecified atom stereocenters. The molecule has 0 aromatic heterocycles. The van der Waals surface area contributed by atoms with Crippen LogP contribution in [0.1, 0.15) is 12.8 Å². The van der Waals surface area contributed by atoms with E-state index in [1.165, 1.54) is 0 Å². The lowest BCUT2D eigenvalue weighted by Crippen LogP contribution is -2.44. The molecule has 4 heteroatoms. The Balaban J connectivity index is 2.28. The van der Waals surface area contributed by atoms with Gasteiger partial charge in [0.05, 0.1) is 0 Å². The van der Waals surface area contributed by atoms with E-state index < -0.39 is 7.12 Å². The van der Waals surface area contributed by atoms with Gasteiger partial charge in [-0.3, -0.25) is 0 Å². The van der Waals surface area contributed by atoms with Crippen molar-refractivity contribution in [3.8, 4) is 0 Å². The number of hydrogen-bond donors (Lipinski definition) is 2. The third-order valence-corrected chi connectivity index (χ3v) is 1.34. The smallest absolute Gasteiger partial charge is 0.426 e. The van der Waals surface area contributed by atoms with Crippen LogP contribution in [-0.2, 0) is 4.65 Å². The first-order chi connectivity index (χ1) is 3.80. The van der Waals surface area contributed by atoms with E-state index in [9.17, 15) is 0 Å². The lowest BCUT2D eigenvalue weighted by molar-refractivity contribution is 0.214. The maximum Gasteiger partial charge on any atom is 0.472 e. The van der Waals surface area contributed by atoms with Crippen molar-refractivity contribution in [3.63, 3.8) is 0 Å². The number of nitrogens with two attached hydrogens (primary N) is 1. The maximum absolute atomic E-state index is 8.83. The van der Waals surface area contributed by atoms with Crippen LogP contribution < -0.4 is 5.73 Å². The van der Waals surface area contributed by atoms with Crippen molar-refractivity contribution in [1.29, 1.82) is 0 Å². The fourth-order valence-electron chi connectivity index (χ4n) is 0.789. The molecule has 1 saturated heterocycles. The molecule has 0 bridgehead atoms. The van der Waals surface area contributed by atoms with Gasteiger partial charge < -0.3 is 15.4 Å². The molecule has 0 aromatic carbocycles. The zero-order valence-corrected chi connectivity index (χ0v) is 4.71. The summed E-state index contributed by atoms with van der Waals surface area (Å²) in [7, 11) is -0.719. The van der Waals surface area contributed by atoms with Crippen LogP contribution in [-0.4, -0.2) is 24.7 Å². The summed E-state index contributed by atoms with van der Waals surface area (Å²) < 4.78 is 4.82. The van der Waals surface area contributed by atoms with Crippen LogP contribution in [0.4, 0.5) is 0 Å². The molecule has 0 radical (unpaired) electrons. The molecule has 8 heavy (non-hydrogen) atoms. The highest BCUT2D eigenvalue weighted by molar-refractivity contribution is 6.45. The summed E-state index contributed by atoms with van der Waals surface area (Å²) in [5, 5.41) is 8.83. The lowest BCUT2D eigenvalue weighted by Gasteiger charge is -2.19. The van der Waals surface area contributed by atoms with E-state index in [0.29, 0.717) is 6.61 Å². The fraction of sp³-hybridized carbons (Fsp3) is 1.00. The topological polar surface area (TPSA) is 55.5 Å². The van der Waals surface area contributed by atoms with E-state index in [1.54, 1.807) is 0 Å². The Kier molecular flexibility index (Phi) is 1.88. The van der Waals surface area contributed by atoms with Crippen molar-refractivity contribution in [2.75, 3.05) is 6.61 Å². The molecule has 3 nitrogen and oxygen atoms in total. The van der Waals surface area contributed by atoms with E-state index in [0.717, 1.165) is 12.8 Å². The lowest BCUT2D eigenvalue weighted by atomic mass is 9.75. The summed E-state index contributed by atoms with van der Waals surface area (Å²) in [6.07, 6.45) is 1.85. The molecule has 46 valence electrons. The van der Waals surface area contributed by atoms with Crippen molar-refractivity contribution < 1.29 is 9.68 Å². The summed E-state index contributed by atoms with van der Waals surface area (Å²) in [4.78, 5) is 0. The molecule has 1 aliphatic heterocycles. The van der Waals surface area contributed by atoms with Crippen LogP contribution in [0.5, 0.6) is 0 Å². The molecule has 1 heterocycles. The standard InChI is InChI=1S/C4H10BNO2/c6-4-2-1-3-8-5(4)7/h4,7H,1-3,6H2/t4-/m1/s1. The molecular formula is C4H10BNO2. The zero-order chi connectivity index (χ0) is 5.98. The van der Waals surface area contributed by atoms with Crippen LogP contribution in [0.15, 0.2) is 0 Å². The minimum Gasteiger partial charge on any atom is -0.426 e. The van der Waals surface area contributed by atoms with E-state index in [2.05, 4.69) is 0 Å². The molecule has 1 aliphatic rings. The Morgan fingerprint density at radius 3 is 2.88 bits per heavy atom. The molecular weight excluding hydrogens is 105 g/mol. The van der Waals surface area contributed by atoms with Crippen molar-refractivity contribution in [3.05, 3.63) is 0 Å². The first kappa shape index (κ1) is 6.07. The van der Waals surface area contributed by atoms with Gasteiger partial charge in [-0.15, -0.1) is 0 Å². The van der Waals surface area contributed by atoms with Gasteiger partial charge in [0.25, 0.3) is 0 Å². The molecule has 0 spiro atoms. The fourth-order valence-corrected chi connectivity index (χ4v) is 0.789. The van der Waals surface area contributed by atoms with Gasteiger partial charge in [-0.25, -0.2) is 0 Å². The maximum atomic E-state index is 8.83. The van der Waals surface area contributed by atoms with E-state index >= 15 is 0 Å². The quantitative estimate of drug-likeness (QED) is 0.404. The first-order valence-electron chi connectivity index (χ1n) is 2.86. The molecule has 0 aromatic rings. The minimum atomic E-state index is -0.719. The average molecular weight is 115 g/mol. The Labute approximate surface area is 49.0 Å². The van der Waals surface area contributed by atoms with Crippen LogP contribution in [0.2, 0.25) is 0 Å². The van der Waals surface area contributed by atoms with E-state index in [4.69, 9.17) is 15.4 Å². The Hall–Kier alpha value is -0.0551. The molecule has 3 N–H and O–H groups in total. The van der Waals surface area contributed by atoms with Crippen molar-refractivity contribution in [2.45, 2.75) is 18.8 Å². The van der Waals surface area contributed by atoms with E-state index in [-0.39, 0.29) is 5.94 Å². The van der Waals surface area contributed by atoms with Gasteiger partial charge in [0, 0.05) is 12.5 Å². The second-order valence-corrected chi connectivity index (χ2v) is 2.07. The summed E-state index contributed by atoms with van der Waals surface area (Å²) in [6.45, 7) is 0.648. The van der Waals surface area contributed by atoms with Crippen molar-refractivity contribution in [2.24, 2.45) is 5.73 Å². The van der Waals surface area contributed by atoms with Crippen LogP contribution in [0, 0.1) is 0 Å². The number of hydrogen-bond acceptors (Lipinski definition) is 3. The number of rotatable bonds is 0. The Morgan fingerprint density at radius 1 is 1.75 bits per heavy atom. The predicted octanol–water partition coefficient (Wildman–Crippen LogP) is -0.856. The van der Waals surface area contributed by atoms with Crippen LogP contribution in [0.25, 0.3) is 0 Å². The summed E-state index contributed by atoms with van der Waals surface area (Å²) >= 11 is 0. The van der Waals surface area contributed by atoms with Crippen LogP contribution in [0.3, 0.4) is 0 Å². The van der Waals surface area contributed by atoms with Gasteiger partial charge in [0.1, 0.15) is 0 Å². The van der Waals surface area contributed by atoms with Gasteiger partial charge >= 0.3 is 7.12 Å². The van der Waals surface area contributed by atoms with Crippen molar-refractivity contribution >= 4 is 7.12 Å². The monoisotopic (exact) mass is 115 g/mol. The zero-order valence-electron chi connectivity index (χ0n) is 4.71. The Morgan fingerprint density at radius 2 is 2.50 bits per heavy atom.